The van der Waals surface area contributed by atoms with E-state index in [4.69, 9.17) is 14.5 Å². The highest BCUT2D eigenvalue weighted by Gasteiger charge is 2.25. The Labute approximate surface area is 169 Å². The van der Waals surface area contributed by atoms with Gasteiger partial charge >= 0.3 is 0 Å². The van der Waals surface area contributed by atoms with Crippen LogP contribution in [-0.2, 0) is 16.0 Å². The molecule has 6 nitrogen and oxygen atoms in total. The van der Waals surface area contributed by atoms with Gasteiger partial charge in [0.1, 0.15) is 0 Å². The normalized spacial score (nSPS) is 19.6. The Morgan fingerprint density at radius 1 is 1.25 bits per heavy atom. The smallest absolute Gasteiger partial charge is 0.194 e. The Hall–Kier alpha value is -2.05. The molecule has 1 aromatic rings. The molecule has 0 spiro atoms. The average molecular weight is 387 g/mol. The number of nitrogens with zero attached hydrogens (tertiary/aromatic N) is 3. The molecule has 1 atom stereocenters. The van der Waals surface area contributed by atoms with E-state index in [0.717, 1.165) is 51.7 Å². The van der Waals surface area contributed by atoms with Gasteiger partial charge in [-0.2, -0.15) is 0 Å². The molecule has 0 bridgehead atoms. The third-order valence-electron chi connectivity index (χ3n) is 5.21. The van der Waals surface area contributed by atoms with E-state index in [1.807, 2.05) is 0 Å². The zero-order valence-electron chi connectivity index (χ0n) is 17.3. The molecule has 3 rings (SSSR count). The first-order valence-electron chi connectivity index (χ1n) is 10.4. The molecule has 2 aliphatic rings. The van der Waals surface area contributed by atoms with E-state index in [1.54, 1.807) is 7.11 Å². The van der Waals surface area contributed by atoms with Gasteiger partial charge in [-0.05, 0) is 31.0 Å². The fourth-order valence-electron chi connectivity index (χ4n) is 3.69. The van der Waals surface area contributed by atoms with Crippen molar-refractivity contribution in [2.45, 2.75) is 19.9 Å². The number of aliphatic imine (C=N–C) groups is 1. The van der Waals surface area contributed by atoms with Crippen LogP contribution in [0.15, 0.2) is 41.4 Å². The van der Waals surface area contributed by atoms with E-state index in [9.17, 15) is 0 Å². The Balaban J connectivity index is 1.55. The van der Waals surface area contributed by atoms with Crippen LogP contribution < -0.4 is 10.2 Å². The topological polar surface area (TPSA) is 49.3 Å². The maximum atomic E-state index is 5.72. The van der Waals surface area contributed by atoms with Crippen molar-refractivity contribution in [3.8, 4) is 0 Å². The number of hydrogen-bond acceptors (Lipinski definition) is 4. The van der Waals surface area contributed by atoms with Gasteiger partial charge < -0.3 is 24.6 Å². The van der Waals surface area contributed by atoms with Crippen molar-refractivity contribution in [1.29, 1.82) is 0 Å². The van der Waals surface area contributed by atoms with Gasteiger partial charge in [-0.1, -0.05) is 24.3 Å². The molecule has 0 saturated carbocycles. The third-order valence-corrected chi connectivity index (χ3v) is 5.21. The summed E-state index contributed by atoms with van der Waals surface area (Å²) in [5.41, 5.74) is 2.52. The molecule has 6 heteroatoms. The second-order valence-electron chi connectivity index (χ2n) is 7.38. The predicted molar refractivity (Wildman–Crippen MR) is 115 cm³/mol. The monoisotopic (exact) mass is 386 g/mol. The van der Waals surface area contributed by atoms with Crippen molar-refractivity contribution in [3.63, 3.8) is 0 Å². The first-order chi connectivity index (χ1) is 13.8. The first-order valence-corrected chi connectivity index (χ1v) is 10.4. The van der Waals surface area contributed by atoms with Crippen LogP contribution >= 0.6 is 0 Å². The lowest BCUT2D eigenvalue weighted by molar-refractivity contribution is 0.0536. The molecule has 0 amide bonds. The summed E-state index contributed by atoms with van der Waals surface area (Å²) in [5, 5.41) is 3.46. The Morgan fingerprint density at radius 2 is 2.11 bits per heavy atom. The standard InChI is InChI=1S/C22H34N4O2/c1-3-23-22(26-12-9-20(17-26)18-28-14-13-27-2)24-16-19-7-6-8-21(15-19)25-10-4-5-11-25/h4-8,15,20H,3,9-14,16-18H2,1-2H3,(H,23,24). The van der Waals surface area contributed by atoms with Gasteiger partial charge in [0, 0.05) is 51.4 Å². The second-order valence-corrected chi connectivity index (χ2v) is 7.38. The van der Waals surface area contributed by atoms with Gasteiger partial charge in [0.25, 0.3) is 0 Å². The van der Waals surface area contributed by atoms with Crippen molar-refractivity contribution < 1.29 is 9.47 Å². The number of ether oxygens (including phenoxy) is 2. The molecule has 0 aliphatic carbocycles. The number of hydrogen-bond donors (Lipinski definition) is 1. The number of methoxy groups -OCH3 is 1. The van der Waals surface area contributed by atoms with Crippen LogP contribution in [0.25, 0.3) is 0 Å². The molecule has 154 valence electrons. The molecule has 0 aromatic heterocycles. The van der Waals surface area contributed by atoms with E-state index in [-0.39, 0.29) is 0 Å². The van der Waals surface area contributed by atoms with E-state index in [2.05, 4.69) is 58.5 Å². The van der Waals surface area contributed by atoms with Gasteiger partial charge in [0.15, 0.2) is 5.96 Å². The molecule has 1 aromatic carbocycles. The number of nitrogens with one attached hydrogen (secondary N) is 1. The van der Waals surface area contributed by atoms with Crippen molar-refractivity contribution in [3.05, 3.63) is 42.0 Å². The highest BCUT2D eigenvalue weighted by atomic mass is 16.5. The Morgan fingerprint density at radius 3 is 2.89 bits per heavy atom. The average Bonchev–Trinajstić information content (AvgIpc) is 3.41. The van der Waals surface area contributed by atoms with Crippen molar-refractivity contribution in [1.82, 2.24) is 10.2 Å². The lowest BCUT2D eigenvalue weighted by atomic mass is 10.1. The predicted octanol–water partition coefficient (Wildman–Crippen LogP) is 2.51. The van der Waals surface area contributed by atoms with Crippen LogP contribution in [-0.4, -0.2) is 70.5 Å². The number of benzene rings is 1. The zero-order chi connectivity index (χ0) is 19.6. The van der Waals surface area contributed by atoms with E-state index < -0.39 is 0 Å². The quantitative estimate of drug-likeness (QED) is 0.306. The summed E-state index contributed by atoms with van der Waals surface area (Å²) in [6.45, 7) is 9.85. The van der Waals surface area contributed by atoms with Gasteiger partial charge in [-0.3, -0.25) is 0 Å². The number of rotatable bonds is 9. The highest BCUT2D eigenvalue weighted by Crippen LogP contribution is 2.20. The van der Waals surface area contributed by atoms with E-state index >= 15 is 0 Å². The molecule has 0 radical (unpaired) electrons. The SMILES string of the molecule is CCNC(=NCc1cccc(N2CC=CC2)c1)N1CCC(COCCOC)C1. The van der Waals surface area contributed by atoms with Crippen molar-refractivity contribution in [2.75, 3.05) is 64.6 Å². The highest BCUT2D eigenvalue weighted by molar-refractivity contribution is 5.80. The number of guanidine groups is 1. The maximum absolute atomic E-state index is 5.72. The minimum atomic E-state index is 0.562. The largest absolute Gasteiger partial charge is 0.382 e. The molecular formula is C22H34N4O2. The molecule has 1 saturated heterocycles. The van der Waals surface area contributed by atoms with Crippen LogP contribution in [0.4, 0.5) is 5.69 Å². The zero-order valence-corrected chi connectivity index (χ0v) is 17.3. The molecule has 1 fully saturated rings. The van der Waals surface area contributed by atoms with E-state index in [0.29, 0.717) is 25.7 Å². The van der Waals surface area contributed by atoms with Crippen LogP contribution in [0.2, 0.25) is 0 Å². The number of anilines is 1. The summed E-state index contributed by atoms with van der Waals surface area (Å²) in [5.74, 6) is 1.57. The van der Waals surface area contributed by atoms with Crippen LogP contribution in [0, 0.1) is 5.92 Å². The fourth-order valence-corrected chi connectivity index (χ4v) is 3.69. The second kappa shape index (κ2) is 11.1. The lowest BCUT2D eigenvalue weighted by Crippen LogP contribution is -2.40. The summed E-state index contributed by atoms with van der Waals surface area (Å²) >= 11 is 0. The van der Waals surface area contributed by atoms with Gasteiger partial charge in [-0.25, -0.2) is 4.99 Å². The van der Waals surface area contributed by atoms with Gasteiger partial charge in [0.05, 0.1) is 26.4 Å². The summed E-state index contributed by atoms with van der Waals surface area (Å²) in [7, 11) is 1.71. The van der Waals surface area contributed by atoms with Gasteiger partial charge in [-0.15, -0.1) is 0 Å². The molecule has 28 heavy (non-hydrogen) atoms. The van der Waals surface area contributed by atoms with Crippen LogP contribution in [0.1, 0.15) is 18.9 Å². The summed E-state index contributed by atoms with van der Waals surface area (Å²) in [6.07, 6.45) is 5.59. The fraction of sp³-hybridized carbons (Fsp3) is 0.591. The minimum Gasteiger partial charge on any atom is -0.382 e. The first kappa shape index (κ1) is 20.7. The van der Waals surface area contributed by atoms with Crippen molar-refractivity contribution >= 4 is 11.6 Å². The Kier molecular flexibility index (Phi) is 8.18. The number of likely N-dealkylation sites (tertiary alicyclic amines) is 1. The third kappa shape index (κ3) is 5.97. The summed E-state index contributed by atoms with van der Waals surface area (Å²) < 4.78 is 10.8. The molecule has 1 N–H and O–H groups in total. The maximum Gasteiger partial charge on any atom is 0.194 e. The molecule has 2 heterocycles. The molecular weight excluding hydrogens is 352 g/mol. The van der Waals surface area contributed by atoms with E-state index in [1.165, 1.54) is 11.3 Å². The van der Waals surface area contributed by atoms with Gasteiger partial charge in [0.2, 0.25) is 0 Å². The lowest BCUT2D eigenvalue weighted by Gasteiger charge is -2.22. The summed E-state index contributed by atoms with van der Waals surface area (Å²) in [6, 6.07) is 8.74. The van der Waals surface area contributed by atoms with Crippen LogP contribution in [0.3, 0.4) is 0 Å². The van der Waals surface area contributed by atoms with Crippen LogP contribution in [0.5, 0.6) is 0 Å². The molecule has 2 aliphatic heterocycles. The minimum absolute atomic E-state index is 0.562. The molecule has 1 unspecified atom stereocenters. The summed E-state index contributed by atoms with van der Waals surface area (Å²) in [4.78, 5) is 9.65. The Bertz CT molecular complexity index is 654. The van der Waals surface area contributed by atoms with Crippen molar-refractivity contribution in [2.24, 2.45) is 10.9 Å².